The zero-order valence-electron chi connectivity index (χ0n) is 26.3. The third kappa shape index (κ3) is 10.1. The summed E-state index contributed by atoms with van der Waals surface area (Å²) in [5, 5.41) is 14.6. The van der Waals surface area contributed by atoms with Crippen molar-refractivity contribution in [3.05, 3.63) is 53.9 Å². The lowest BCUT2D eigenvalue weighted by molar-refractivity contribution is -0.114. The van der Waals surface area contributed by atoms with Gasteiger partial charge in [-0.1, -0.05) is 0 Å². The van der Waals surface area contributed by atoms with Crippen LogP contribution >= 0.6 is 0 Å². The summed E-state index contributed by atoms with van der Waals surface area (Å²) in [4.78, 5) is 52.7. The minimum Gasteiger partial charge on any atom is -0.351 e. The molecule has 44 heavy (non-hydrogen) atoms. The van der Waals surface area contributed by atoms with Crippen LogP contribution in [0.15, 0.2) is 36.8 Å². The Morgan fingerprint density at radius 3 is 1.89 bits per heavy atom. The number of aryl methyl sites for hydroxylation is 3. The van der Waals surface area contributed by atoms with E-state index < -0.39 is 5.91 Å². The van der Waals surface area contributed by atoms with Crippen LogP contribution in [0.3, 0.4) is 0 Å². The van der Waals surface area contributed by atoms with Crippen LogP contribution in [0, 0.1) is 0 Å². The number of carbonyl (C=O) groups excluding carboxylic acids is 4. The molecule has 0 aliphatic rings. The van der Waals surface area contributed by atoms with Gasteiger partial charge in [0.2, 0.25) is 5.91 Å². The van der Waals surface area contributed by atoms with E-state index in [9.17, 15) is 19.2 Å². The summed E-state index contributed by atoms with van der Waals surface area (Å²) in [7, 11) is 7.41. The van der Waals surface area contributed by atoms with Crippen molar-refractivity contribution in [2.45, 2.75) is 32.7 Å². The molecule has 3 rings (SSSR count). The fraction of sp³-hybridized carbons (Fsp3) is 0.467. The average molecular weight is 611 g/mol. The van der Waals surface area contributed by atoms with Gasteiger partial charge in [0.1, 0.15) is 17.1 Å². The first-order valence-corrected chi connectivity index (χ1v) is 14.8. The summed E-state index contributed by atoms with van der Waals surface area (Å²) < 4.78 is 5.09. The second-order valence-corrected chi connectivity index (χ2v) is 11.0. The number of unbranched alkanes of at least 4 members (excludes halogenated alkanes) is 1. The van der Waals surface area contributed by atoms with Gasteiger partial charge in [0.25, 0.3) is 17.7 Å². The molecule has 0 fully saturated rings. The average Bonchev–Trinajstić information content (AvgIpc) is 3.64. The number of nitrogens with one attached hydrogen (secondary N) is 5. The number of carbonyl (C=O) groups is 4. The maximum absolute atomic E-state index is 13.3. The lowest BCUT2D eigenvalue weighted by atomic mass is 10.3. The molecule has 0 atom stereocenters. The van der Waals surface area contributed by atoms with Crippen molar-refractivity contribution in [3.8, 4) is 0 Å². The fourth-order valence-corrected chi connectivity index (χ4v) is 4.71. The van der Waals surface area contributed by atoms with Crippen molar-refractivity contribution >= 4 is 40.7 Å². The van der Waals surface area contributed by atoms with Gasteiger partial charge in [-0.3, -0.25) is 19.2 Å². The standard InChI is InChI=1S/C30H46N10O4/c1-21(41)34-24-17-27(40(20-24)14-7-6-10-32-12-9-31)30(44)36-23-16-26(39(5)19-23)29(43)35-22-15-25(38(4)18-22)28(42)33-11-8-13-37(2)3/h15-20,32H,6-14,31H2,1-5H3,(H,33,42)(H,34,41)(H,35,43)(H,36,44). The summed E-state index contributed by atoms with van der Waals surface area (Å²) in [5.41, 5.74) is 8.09. The van der Waals surface area contributed by atoms with Crippen LogP contribution in [0.1, 0.15) is 57.7 Å². The molecule has 3 aromatic rings. The predicted octanol–water partition coefficient (Wildman–Crippen LogP) is 1.64. The number of aromatic nitrogens is 3. The van der Waals surface area contributed by atoms with Crippen molar-refractivity contribution in [2.24, 2.45) is 19.8 Å². The van der Waals surface area contributed by atoms with Crippen LogP contribution in [-0.4, -0.2) is 89.0 Å². The maximum atomic E-state index is 13.3. The van der Waals surface area contributed by atoms with Gasteiger partial charge in [-0.15, -0.1) is 0 Å². The SMILES string of the molecule is CC(=O)Nc1cc(C(=O)Nc2cc(C(=O)Nc3cc(C(=O)NCCCN(C)C)n(C)c3)n(C)c2)n(CCCCNCCN)c1. The van der Waals surface area contributed by atoms with E-state index in [2.05, 4.69) is 31.5 Å². The Hall–Kier alpha value is -4.40. The molecule has 4 amide bonds. The molecule has 0 unspecified atom stereocenters. The first-order chi connectivity index (χ1) is 21.0. The molecule has 14 nitrogen and oxygen atoms in total. The van der Waals surface area contributed by atoms with Crippen LogP contribution in [0.25, 0.3) is 0 Å². The first-order valence-electron chi connectivity index (χ1n) is 14.8. The normalized spacial score (nSPS) is 11.1. The molecular formula is C30H46N10O4. The number of amides is 4. The Labute approximate surface area is 258 Å². The summed E-state index contributed by atoms with van der Waals surface area (Å²) in [6.45, 7) is 5.57. The molecule has 0 bridgehead atoms. The van der Waals surface area contributed by atoms with Gasteiger partial charge >= 0.3 is 0 Å². The predicted molar refractivity (Wildman–Crippen MR) is 172 cm³/mol. The van der Waals surface area contributed by atoms with Gasteiger partial charge in [-0.25, -0.2) is 0 Å². The molecule has 14 heteroatoms. The van der Waals surface area contributed by atoms with Gasteiger partial charge in [-0.2, -0.15) is 0 Å². The number of nitrogens with two attached hydrogens (primary N) is 1. The largest absolute Gasteiger partial charge is 0.351 e. The number of nitrogens with zero attached hydrogens (tertiary/aromatic N) is 4. The Balaban J connectivity index is 1.64. The van der Waals surface area contributed by atoms with E-state index in [0.29, 0.717) is 53.8 Å². The van der Waals surface area contributed by atoms with Crippen LogP contribution in [0.2, 0.25) is 0 Å². The van der Waals surface area contributed by atoms with Crippen molar-refractivity contribution in [1.82, 2.24) is 29.2 Å². The summed E-state index contributed by atoms with van der Waals surface area (Å²) >= 11 is 0. The van der Waals surface area contributed by atoms with Crippen molar-refractivity contribution in [2.75, 3.05) is 62.8 Å². The van der Waals surface area contributed by atoms with Gasteiger partial charge in [0, 0.05) is 65.8 Å². The first kappa shape index (κ1) is 34.1. The molecule has 0 aliphatic carbocycles. The van der Waals surface area contributed by atoms with Gasteiger partial charge in [0.15, 0.2) is 0 Å². The third-order valence-corrected chi connectivity index (χ3v) is 6.83. The maximum Gasteiger partial charge on any atom is 0.272 e. The Bertz CT molecular complexity index is 1440. The van der Waals surface area contributed by atoms with E-state index in [1.165, 1.54) is 6.92 Å². The molecule has 3 heterocycles. The Morgan fingerprint density at radius 1 is 0.727 bits per heavy atom. The highest BCUT2D eigenvalue weighted by Gasteiger charge is 2.19. The van der Waals surface area contributed by atoms with Crippen LogP contribution in [0.4, 0.5) is 17.1 Å². The quantitative estimate of drug-likeness (QED) is 0.126. The molecule has 0 saturated heterocycles. The molecule has 3 aromatic heterocycles. The van der Waals surface area contributed by atoms with Gasteiger partial charge in [-0.05, 0) is 64.6 Å². The second-order valence-electron chi connectivity index (χ2n) is 11.0. The molecule has 0 spiro atoms. The zero-order chi connectivity index (χ0) is 32.2. The van der Waals surface area contributed by atoms with E-state index in [-0.39, 0.29) is 17.7 Å². The molecule has 0 aliphatic heterocycles. The highest BCUT2D eigenvalue weighted by molar-refractivity contribution is 6.07. The van der Waals surface area contributed by atoms with Crippen LogP contribution < -0.4 is 32.3 Å². The van der Waals surface area contributed by atoms with Crippen molar-refractivity contribution in [3.63, 3.8) is 0 Å². The number of anilines is 3. The van der Waals surface area contributed by atoms with Crippen molar-refractivity contribution < 1.29 is 19.2 Å². The van der Waals surface area contributed by atoms with E-state index in [0.717, 1.165) is 38.9 Å². The van der Waals surface area contributed by atoms with Gasteiger partial charge < -0.3 is 50.9 Å². The summed E-state index contributed by atoms with van der Waals surface area (Å²) in [6, 6.07) is 4.84. The van der Waals surface area contributed by atoms with Crippen LogP contribution in [0.5, 0.6) is 0 Å². The second kappa shape index (κ2) is 16.4. The highest BCUT2D eigenvalue weighted by Crippen LogP contribution is 2.20. The summed E-state index contributed by atoms with van der Waals surface area (Å²) in [5.74, 6) is -1.21. The van der Waals surface area contributed by atoms with E-state index >= 15 is 0 Å². The smallest absolute Gasteiger partial charge is 0.272 e. The molecule has 0 radical (unpaired) electrons. The summed E-state index contributed by atoms with van der Waals surface area (Å²) in [6.07, 6.45) is 7.61. The van der Waals surface area contributed by atoms with E-state index in [1.807, 2.05) is 18.7 Å². The van der Waals surface area contributed by atoms with Crippen molar-refractivity contribution in [1.29, 1.82) is 0 Å². The Morgan fingerprint density at radius 2 is 1.30 bits per heavy atom. The zero-order valence-corrected chi connectivity index (χ0v) is 26.3. The lowest BCUT2D eigenvalue weighted by Crippen LogP contribution is -2.28. The lowest BCUT2D eigenvalue weighted by Gasteiger charge is -2.10. The highest BCUT2D eigenvalue weighted by atomic mass is 16.2. The third-order valence-electron chi connectivity index (χ3n) is 6.83. The van der Waals surface area contributed by atoms with Crippen LogP contribution in [-0.2, 0) is 25.4 Å². The number of rotatable bonds is 17. The van der Waals surface area contributed by atoms with Gasteiger partial charge in [0.05, 0.1) is 17.1 Å². The molecule has 0 saturated carbocycles. The van der Waals surface area contributed by atoms with E-state index in [4.69, 9.17) is 5.73 Å². The molecule has 0 aromatic carbocycles. The minimum atomic E-state index is -0.392. The topological polar surface area (TPSA) is 172 Å². The number of hydrogen-bond donors (Lipinski definition) is 6. The molecule has 240 valence electrons. The Kier molecular flexibility index (Phi) is 12.7. The monoisotopic (exact) mass is 610 g/mol. The molecular weight excluding hydrogens is 564 g/mol. The number of hydrogen-bond acceptors (Lipinski definition) is 7. The fourth-order valence-electron chi connectivity index (χ4n) is 4.71. The minimum absolute atomic E-state index is 0.217. The van der Waals surface area contributed by atoms with E-state index in [1.54, 1.807) is 60.0 Å². The molecule has 7 N–H and O–H groups in total.